The van der Waals surface area contributed by atoms with Crippen molar-refractivity contribution >= 4 is 5.69 Å². The Morgan fingerprint density at radius 2 is 2.00 bits per heavy atom. The minimum Gasteiger partial charge on any atom is -0.492 e. The maximum Gasteiger partial charge on any atom is 0.144 e. The van der Waals surface area contributed by atoms with Crippen molar-refractivity contribution in [1.29, 1.82) is 0 Å². The molecule has 0 spiro atoms. The molecule has 2 rings (SSSR count). The second kappa shape index (κ2) is 5.34. The number of benzene rings is 1. The molecule has 19 heavy (non-hydrogen) atoms. The third kappa shape index (κ3) is 2.43. The van der Waals surface area contributed by atoms with Crippen molar-refractivity contribution in [2.24, 2.45) is 0 Å². The summed E-state index contributed by atoms with van der Waals surface area (Å²) in [5, 5.41) is 4.60. The van der Waals surface area contributed by atoms with E-state index in [1.54, 1.807) is 0 Å². The highest BCUT2D eigenvalue weighted by Crippen LogP contribution is 2.26. The third-order valence-corrected chi connectivity index (χ3v) is 3.34. The van der Waals surface area contributed by atoms with E-state index in [0.717, 1.165) is 17.8 Å². The Balaban J connectivity index is 2.50. The first kappa shape index (κ1) is 13.5. The van der Waals surface area contributed by atoms with Crippen LogP contribution in [0, 0.1) is 13.8 Å². The van der Waals surface area contributed by atoms with Crippen LogP contribution in [0.3, 0.4) is 0 Å². The summed E-state index contributed by atoms with van der Waals surface area (Å²) in [6.45, 7) is 8.84. The number of aromatic nitrogens is 2. The number of nitrogen functional groups attached to an aromatic ring is 1. The molecule has 0 unspecified atom stereocenters. The first-order chi connectivity index (χ1) is 9.08. The van der Waals surface area contributed by atoms with Gasteiger partial charge in [-0.05, 0) is 44.9 Å². The standard InChI is InChI=1S/C15H21N3O/c1-5-13-10(3)17-18(11(13)4)12-7-8-14(16)15(9-12)19-6-2/h7-9H,5-6,16H2,1-4H3. The Kier molecular flexibility index (Phi) is 3.79. The first-order valence-corrected chi connectivity index (χ1v) is 6.66. The molecule has 2 aromatic rings. The molecule has 0 aliphatic carbocycles. The highest BCUT2D eigenvalue weighted by Gasteiger charge is 2.12. The number of aryl methyl sites for hydroxylation is 1. The van der Waals surface area contributed by atoms with E-state index in [-0.39, 0.29) is 0 Å². The van der Waals surface area contributed by atoms with Gasteiger partial charge in [-0.2, -0.15) is 5.10 Å². The number of ether oxygens (including phenoxy) is 1. The van der Waals surface area contributed by atoms with Crippen LogP contribution in [0.5, 0.6) is 5.75 Å². The van der Waals surface area contributed by atoms with Crippen molar-refractivity contribution in [3.05, 3.63) is 35.2 Å². The SMILES string of the molecule is CCOc1cc(-n2nc(C)c(CC)c2C)ccc1N. The van der Waals surface area contributed by atoms with Crippen LogP contribution in [0.2, 0.25) is 0 Å². The van der Waals surface area contributed by atoms with E-state index in [1.165, 1.54) is 11.3 Å². The van der Waals surface area contributed by atoms with Crippen LogP contribution in [0.1, 0.15) is 30.8 Å². The lowest BCUT2D eigenvalue weighted by atomic mass is 10.1. The highest BCUT2D eigenvalue weighted by molar-refractivity contribution is 5.57. The minimum absolute atomic E-state index is 0.602. The van der Waals surface area contributed by atoms with Gasteiger partial charge in [-0.25, -0.2) is 4.68 Å². The monoisotopic (exact) mass is 259 g/mol. The van der Waals surface area contributed by atoms with Gasteiger partial charge in [-0.15, -0.1) is 0 Å². The number of nitrogens with zero attached hydrogens (tertiary/aromatic N) is 2. The third-order valence-electron chi connectivity index (χ3n) is 3.34. The minimum atomic E-state index is 0.602. The predicted octanol–water partition coefficient (Wildman–Crippen LogP) is 3.03. The molecule has 4 heteroatoms. The molecule has 0 saturated carbocycles. The predicted molar refractivity (Wildman–Crippen MR) is 78.0 cm³/mol. The summed E-state index contributed by atoms with van der Waals surface area (Å²) in [5.74, 6) is 0.714. The summed E-state index contributed by atoms with van der Waals surface area (Å²) in [7, 11) is 0. The molecule has 0 radical (unpaired) electrons. The fourth-order valence-electron chi connectivity index (χ4n) is 2.37. The van der Waals surface area contributed by atoms with E-state index in [4.69, 9.17) is 10.5 Å². The van der Waals surface area contributed by atoms with Crippen molar-refractivity contribution in [2.75, 3.05) is 12.3 Å². The Labute approximate surface area is 114 Å². The quantitative estimate of drug-likeness (QED) is 0.859. The maximum absolute atomic E-state index is 5.90. The van der Waals surface area contributed by atoms with Crippen LogP contribution in [0.4, 0.5) is 5.69 Å². The number of rotatable bonds is 4. The van der Waals surface area contributed by atoms with Crippen molar-refractivity contribution in [2.45, 2.75) is 34.1 Å². The average Bonchev–Trinajstić information content (AvgIpc) is 2.67. The van der Waals surface area contributed by atoms with Gasteiger partial charge in [0.25, 0.3) is 0 Å². The molecule has 1 heterocycles. The molecule has 0 fully saturated rings. The molecule has 102 valence electrons. The van der Waals surface area contributed by atoms with Gasteiger partial charge in [-0.3, -0.25) is 0 Å². The van der Waals surface area contributed by atoms with Gasteiger partial charge >= 0.3 is 0 Å². The number of hydrogen-bond donors (Lipinski definition) is 1. The largest absolute Gasteiger partial charge is 0.492 e. The lowest BCUT2D eigenvalue weighted by Gasteiger charge is -2.10. The number of anilines is 1. The summed E-state index contributed by atoms with van der Waals surface area (Å²) in [6.07, 6.45) is 0.991. The van der Waals surface area contributed by atoms with Crippen molar-refractivity contribution < 1.29 is 4.74 Å². The Hall–Kier alpha value is -1.97. The zero-order valence-electron chi connectivity index (χ0n) is 12.0. The Morgan fingerprint density at radius 1 is 1.26 bits per heavy atom. The smallest absolute Gasteiger partial charge is 0.144 e. The first-order valence-electron chi connectivity index (χ1n) is 6.66. The number of nitrogens with two attached hydrogens (primary N) is 1. The molecule has 4 nitrogen and oxygen atoms in total. The van der Waals surface area contributed by atoms with Crippen LogP contribution in [-0.4, -0.2) is 16.4 Å². The molecule has 0 saturated heterocycles. The van der Waals surface area contributed by atoms with Gasteiger partial charge in [0.15, 0.2) is 0 Å². The van der Waals surface area contributed by atoms with Crippen LogP contribution in [0.25, 0.3) is 5.69 Å². The topological polar surface area (TPSA) is 53.1 Å². The van der Waals surface area contributed by atoms with Gasteiger partial charge in [0.05, 0.1) is 23.7 Å². The van der Waals surface area contributed by atoms with Gasteiger partial charge < -0.3 is 10.5 Å². The lowest BCUT2D eigenvalue weighted by molar-refractivity contribution is 0.342. The van der Waals surface area contributed by atoms with E-state index in [1.807, 2.05) is 36.7 Å². The zero-order valence-corrected chi connectivity index (χ0v) is 12.0. The Morgan fingerprint density at radius 3 is 2.58 bits per heavy atom. The number of hydrogen-bond acceptors (Lipinski definition) is 3. The van der Waals surface area contributed by atoms with E-state index < -0.39 is 0 Å². The van der Waals surface area contributed by atoms with Crippen molar-refractivity contribution in [1.82, 2.24) is 9.78 Å². The summed E-state index contributed by atoms with van der Waals surface area (Å²) < 4.78 is 7.49. The summed E-state index contributed by atoms with van der Waals surface area (Å²) in [4.78, 5) is 0. The average molecular weight is 259 g/mol. The summed E-state index contributed by atoms with van der Waals surface area (Å²) in [6, 6.07) is 5.77. The van der Waals surface area contributed by atoms with Gasteiger partial charge in [0, 0.05) is 11.8 Å². The zero-order chi connectivity index (χ0) is 14.0. The second-order valence-electron chi connectivity index (χ2n) is 4.57. The van der Waals surface area contributed by atoms with E-state index in [0.29, 0.717) is 18.0 Å². The van der Waals surface area contributed by atoms with E-state index in [2.05, 4.69) is 18.9 Å². The molecule has 2 N–H and O–H groups in total. The molecule has 0 aliphatic heterocycles. The fraction of sp³-hybridized carbons (Fsp3) is 0.400. The van der Waals surface area contributed by atoms with E-state index >= 15 is 0 Å². The Bertz CT molecular complexity index is 587. The fourth-order valence-corrected chi connectivity index (χ4v) is 2.37. The molecular weight excluding hydrogens is 238 g/mol. The lowest BCUT2D eigenvalue weighted by Crippen LogP contribution is -2.02. The molecule has 0 amide bonds. The molecule has 0 atom stereocenters. The summed E-state index contributed by atoms with van der Waals surface area (Å²) >= 11 is 0. The maximum atomic E-state index is 5.90. The van der Waals surface area contributed by atoms with E-state index in [9.17, 15) is 0 Å². The molecule has 0 bridgehead atoms. The van der Waals surface area contributed by atoms with Gasteiger partial charge in [0.1, 0.15) is 5.75 Å². The normalized spacial score (nSPS) is 10.7. The van der Waals surface area contributed by atoms with Gasteiger partial charge in [0.2, 0.25) is 0 Å². The van der Waals surface area contributed by atoms with Crippen LogP contribution < -0.4 is 10.5 Å². The van der Waals surface area contributed by atoms with Gasteiger partial charge in [-0.1, -0.05) is 6.92 Å². The van der Waals surface area contributed by atoms with Crippen LogP contribution in [-0.2, 0) is 6.42 Å². The second-order valence-corrected chi connectivity index (χ2v) is 4.57. The molecule has 1 aromatic heterocycles. The molecule has 0 aliphatic rings. The highest BCUT2D eigenvalue weighted by atomic mass is 16.5. The molecule has 1 aromatic carbocycles. The van der Waals surface area contributed by atoms with Crippen molar-refractivity contribution in [3.63, 3.8) is 0 Å². The van der Waals surface area contributed by atoms with Crippen LogP contribution >= 0.6 is 0 Å². The summed E-state index contributed by atoms with van der Waals surface area (Å²) in [5.41, 5.74) is 11.1. The van der Waals surface area contributed by atoms with Crippen molar-refractivity contribution in [3.8, 4) is 11.4 Å². The van der Waals surface area contributed by atoms with Crippen LogP contribution in [0.15, 0.2) is 18.2 Å². The molecular formula is C15H21N3O.